The lowest BCUT2D eigenvalue weighted by molar-refractivity contribution is 0.0599. The predicted octanol–water partition coefficient (Wildman–Crippen LogP) is 2.81. The Morgan fingerprint density at radius 1 is 1.11 bits per heavy atom. The number of ether oxygens (including phenoxy) is 3. The fourth-order valence-corrected chi connectivity index (χ4v) is 5.01. The summed E-state index contributed by atoms with van der Waals surface area (Å²) in [6, 6.07) is 5.79. The molecule has 4 aromatic rings. The first-order valence-corrected chi connectivity index (χ1v) is 12.1. The zero-order valence-electron chi connectivity index (χ0n) is 20.2. The zero-order chi connectivity index (χ0) is 25.1. The van der Waals surface area contributed by atoms with Gasteiger partial charge in [-0.2, -0.15) is 0 Å². The van der Waals surface area contributed by atoms with Gasteiger partial charge in [0.1, 0.15) is 0 Å². The highest BCUT2D eigenvalue weighted by atomic mass is 32.1. The van der Waals surface area contributed by atoms with E-state index in [1.165, 1.54) is 19.5 Å². The molecule has 0 N–H and O–H groups in total. The molecule has 36 heavy (non-hydrogen) atoms. The summed E-state index contributed by atoms with van der Waals surface area (Å²) in [5.74, 6) is 2.08. The van der Waals surface area contributed by atoms with Gasteiger partial charge in [0.2, 0.25) is 11.8 Å². The first-order chi connectivity index (χ1) is 17.6. The van der Waals surface area contributed by atoms with E-state index < -0.39 is 5.97 Å². The summed E-state index contributed by atoms with van der Waals surface area (Å²) in [7, 11) is 4.82. The fourth-order valence-electron chi connectivity index (χ4n) is 3.84. The molecule has 0 aliphatic carbocycles. The maximum absolute atomic E-state index is 11.7. The third-order valence-electron chi connectivity index (χ3n) is 5.71. The van der Waals surface area contributed by atoms with Crippen LogP contribution in [0.2, 0.25) is 0 Å². The Balaban J connectivity index is 1.47. The van der Waals surface area contributed by atoms with Crippen molar-refractivity contribution in [1.82, 2.24) is 24.9 Å². The maximum atomic E-state index is 11.7. The number of pyridine rings is 1. The number of hydrogen-bond acceptors (Lipinski definition) is 12. The number of thiophene rings is 1. The molecule has 0 saturated carbocycles. The van der Waals surface area contributed by atoms with Crippen molar-refractivity contribution in [3.05, 3.63) is 47.2 Å². The van der Waals surface area contributed by atoms with Gasteiger partial charge in [0, 0.05) is 55.2 Å². The van der Waals surface area contributed by atoms with Crippen LogP contribution in [-0.4, -0.2) is 78.5 Å². The van der Waals surface area contributed by atoms with E-state index in [1.54, 1.807) is 30.7 Å². The van der Waals surface area contributed by atoms with Crippen molar-refractivity contribution in [2.45, 2.75) is 6.54 Å². The Morgan fingerprint density at radius 2 is 1.89 bits per heavy atom. The number of aromatic nitrogens is 5. The van der Waals surface area contributed by atoms with Crippen LogP contribution in [0.4, 0.5) is 11.8 Å². The molecule has 186 valence electrons. The predicted molar refractivity (Wildman–Crippen MR) is 136 cm³/mol. The average molecular weight is 508 g/mol. The monoisotopic (exact) mass is 507 g/mol. The zero-order valence-corrected chi connectivity index (χ0v) is 21.0. The summed E-state index contributed by atoms with van der Waals surface area (Å²) in [5, 5.41) is 0. The van der Waals surface area contributed by atoms with Crippen molar-refractivity contribution in [1.29, 1.82) is 0 Å². The highest BCUT2D eigenvalue weighted by molar-refractivity contribution is 7.19. The molecular formula is C24H25N7O4S. The Kier molecular flexibility index (Phi) is 6.87. The molecule has 4 aromatic heterocycles. The van der Waals surface area contributed by atoms with Crippen LogP contribution in [0.15, 0.2) is 36.8 Å². The van der Waals surface area contributed by atoms with Crippen molar-refractivity contribution in [3.8, 4) is 17.3 Å². The smallest absolute Gasteiger partial charge is 0.341 e. The van der Waals surface area contributed by atoms with Crippen molar-refractivity contribution < 1.29 is 19.0 Å². The molecule has 0 unspecified atom stereocenters. The summed E-state index contributed by atoms with van der Waals surface area (Å²) in [4.78, 5) is 39.6. The molecule has 11 nitrogen and oxygen atoms in total. The first kappa shape index (κ1) is 23.8. The number of esters is 1. The van der Waals surface area contributed by atoms with E-state index in [0.717, 1.165) is 39.6 Å². The van der Waals surface area contributed by atoms with E-state index in [4.69, 9.17) is 24.2 Å². The van der Waals surface area contributed by atoms with Crippen LogP contribution in [0.1, 0.15) is 15.2 Å². The van der Waals surface area contributed by atoms with E-state index in [-0.39, 0.29) is 0 Å². The Labute approximate surface area is 211 Å². The summed E-state index contributed by atoms with van der Waals surface area (Å²) in [5.41, 5.74) is 1.99. The van der Waals surface area contributed by atoms with Crippen LogP contribution in [0.25, 0.3) is 21.6 Å². The third kappa shape index (κ3) is 4.90. The van der Waals surface area contributed by atoms with Gasteiger partial charge in [0.15, 0.2) is 11.6 Å². The van der Waals surface area contributed by atoms with E-state index >= 15 is 0 Å². The molecule has 12 heteroatoms. The second-order valence-corrected chi connectivity index (χ2v) is 9.24. The van der Waals surface area contributed by atoms with Crippen LogP contribution in [0, 0.1) is 0 Å². The molecule has 0 atom stereocenters. The Hall–Kier alpha value is -3.90. The van der Waals surface area contributed by atoms with E-state index in [1.807, 2.05) is 18.0 Å². The normalized spacial score (nSPS) is 13.6. The second kappa shape index (κ2) is 10.4. The first-order valence-electron chi connectivity index (χ1n) is 11.3. The molecule has 0 aromatic carbocycles. The fraction of sp³-hybridized carbons (Fsp3) is 0.333. The van der Waals surface area contributed by atoms with E-state index in [2.05, 4.69) is 25.9 Å². The molecule has 1 fully saturated rings. The average Bonchev–Trinajstić information content (AvgIpc) is 3.35. The van der Waals surface area contributed by atoms with E-state index in [9.17, 15) is 4.79 Å². The number of morpholine rings is 1. The number of anilines is 2. The van der Waals surface area contributed by atoms with E-state index in [0.29, 0.717) is 43.0 Å². The van der Waals surface area contributed by atoms with Gasteiger partial charge in [-0.25, -0.2) is 29.7 Å². The maximum Gasteiger partial charge on any atom is 0.341 e. The topological polar surface area (TPSA) is 116 Å². The minimum absolute atomic E-state index is 0.308. The second-order valence-electron chi connectivity index (χ2n) is 8.11. The van der Waals surface area contributed by atoms with Crippen molar-refractivity contribution >= 4 is 39.3 Å². The van der Waals surface area contributed by atoms with Gasteiger partial charge in [0.05, 0.1) is 49.8 Å². The molecule has 0 spiro atoms. The van der Waals surface area contributed by atoms with Crippen molar-refractivity contribution in [3.63, 3.8) is 0 Å². The molecule has 0 bridgehead atoms. The van der Waals surface area contributed by atoms with Crippen LogP contribution >= 0.6 is 11.3 Å². The molecule has 1 aliphatic rings. The van der Waals surface area contributed by atoms with Crippen molar-refractivity contribution in [2.75, 3.05) is 57.4 Å². The van der Waals surface area contributed by atoms with Gasteiger partial charge in [-0.1, -0.05) is 0 Å². The molecule has 5 rings (SSSR count). The Morgan fingerprint density at radius 3 is 2.56 bits per heavy atom. The lowest BCUT2D eigenvalue weighted by atomic mass is 10.2. The number of methoxy groups -OCH3 is 2. The molecular weight excluding hydrogens is 482 g/mol. The third-order valence-corrected chi connectivity index (χ3v) is 6.82. The van der Waals surface area contributed by atoms with Crippen molar-refractivity contribution in [2.24, 2.45) is 0 Å². The number of rotatable bonds is 7. The molecule has 0 amide bonds. The van der Waals surface area contributed by atoms with Gasteiger partial charge >= 0.3 is 5.97 Å². The van der Waals surface area contributed by atoms with Gasteiger partial charge in [-0.15, -0.1) is 11.3 Å². The highest BCUT2D eigenvalue weighted by Gasteiger charge is 2.21. The van der Waals surface area contributed by atoms with Gasteiger partial charge in [0.25, 0.3) is 0 Å². The summed E-state index contributed by atoms with van der Waals surface area (Å²) in [6.45, 7) is 3.41. The number of nitrogens with zero attached hydrogens (tertiary/aromatic N) is 7. The van der Waals surface area contributed by atoms with Crippen LogP contribution < -0.4 is 14.5 Å². The summed E-state index contributed by atoms with van der Waals surface area (Å²) in [6.07, 6.45) is 4.65. The minimum atomic E-state index is -0.467. The highest BCUT2D eigenvalue weighted by Crippen LogP contribution is 2.35. The lowest BCUT2D eigenvalue weighted by Gasteiger charge is -2.28. The Bertz CT molecular complexity index is 1360. The van der Waals surface area contributed by atoms with Gasteiger partial charge in [-0.05, 0) is 12.1 Å². The number of fused-ring (bicyclic) bond motifs is 1. The number of carbonyl (C=O) groups is 1. The molecule has 5 heterocycles. The lowest BCUT2D eigenvalue weighted by Crippen LogP contribution is -2.36. The van der Waals surface area contributed by atoms with Crippen LogP contribution in [-0.2, 0) is 16.0 Å². The van der Waals surface area contributed by atoms with Gasteiger partial charge in [-0.3, -0.25) is 0 Å². The number of hydrogen-bond donors (Lipinski definition) is 0. The number of carbonyl (C=O) groups excluding carboxylic acids is 1. The standard InChI is InChI=1S/C24H25N7O4S/c1-30(24-26-12-16(13-27-24)23(32)34-3)14-17-10-18-20(36-17)22(31-6-8-35-9-7-31)29-21(28-18)15-4-5-19(33-2)25-11-15/h4-5,10-13H,6-9,14H2,1-3H3. The molecule has 0 radical (unpaired) electrons. The SMILES string of the molecule is COC(=O)c1cnc(N(C)Cc2cc3nc(-c4ccc(OC)nc4)nc(N4CCOCC4)c3s2)nc1. The molecule has 1 aliphatic heterocycles. The quantitative estimate of drug-likeness (QED) is 0.344. The minimum Gasteiger partial charge on any atom is -0.481 e. The largest absolute Gasteiger partial charge is 0.481 e. The van der Waals surface area contributed by atoms with Crippen LogP contribution in [0.3, 0.4) is 0 Å². The van der Waals surface area contributed by atoms with Gasteiger partial charge < -0.3 is 24.0 Å². The van der Waals surface area contributed by atoms with Crippen LogP contribution in [0.5, 0.6) is 5.88 Å². The summed E-state index contributed by atoms with van der Waals surface area (Å²) < 4.78 is 16.5. The molecule has 1 saturated heterocycles. The summed E-state index contributed by atoms with van der Waals surface area (Å²) >= 11 is 1.65.